The molecule has 1 aromatic heterocycles. The molecule has 0 fully saturated rings. The van der Waals surface area contributed by atoms with Crippen LogP contribution in [0.3, 0.4) is 0 Å². The first-order valence-corrected chi connectivity index (χ1v) is 8.33. The Labute approximate surface area is 152 Å². The Morgan fingerprint density at radius 2 is 1.62 bits per heavy atom. The molecule has 3 aromatic rings. The number of benzene rings is 2. The summed E-state index contributed by atoms with van der Waals surface area (Å²) in [5, 5.41) is 2.78. The molecule has 5 nitrogen and oxygen atoms in total. The van der Waals surface area contributed by atoms with Gasteiger partial charge in [0, 0.05) is 12.1 Å². The van der Waals surface area contributed by atoms with Gasteiger partial charge >= 0.3 is 0 Å². The van der Waals surface area contributed by atoms with Crippen molar-refractivity contribution < 1.29 is 14.0 Å². The van der Waals surface area contributed by atoms with Crippen molar-refractivity contribution in [1.82, 2.24) is 10.2 Å². The van der Waals surface area contributed by atoms with Crippen LogP contribution in [0.25, 0.3) is 0 Å². The molecule has 132 valence electrons. The normalized spacial score (nSPS) is 11.9. The van der Waals surface area contributed by atoms with Gasteiger partial charge in [-0.1, -0.05) is 60.7 Å². The predicted molar refractivity (Wildman–Crippen MR) is 98.6 cm³/mol. The number of likely N-dealkylation sites (N-methyl/N-ethyl adjacent to an activating group) is 1. The van der Waals surface area contributed by atoms with E-state index in [2.05, 4.69) is 5.32 Å². The van der Waals surface area contributed by atoms with E-state index >= 15 is 0 Å². The van der Waals surface area contributed by atoms with Crippen LogP contribution in [0.4, 0.5) is 0 Å². The molecule has 0 aliphatic carbocycles. The van der Waals surface area contributed by atoms with E-state index < -0.39 is 12.1 Å². The molecule has 1 N–H and O–H groups in total. The Morgan fingerprint density at radius 3 is 2.23 bits per heavy atom. The quantitative estimate of drug-likeness (QED) is 0.525. The summed E-state index contributed by atoms with van der Waals surface area (Å²) in [6.07, 6.45) is 0.617. The van der Waals surface area contributed by atoms with Crippen molar-refractivity contribution in [1.29, 1.82) is 0 Å². The standard InChI is InChI=1S/C21H20N2O3/c1-23(15-16-9-4-2-5-10-16)20(19(24)17-11-6-3-7-12-17)22-21(25)18-13-8-14-26-18/h2-14,20H,15H2,1H3,(H,22,25)/t20-/m1/s1. The summed E-state index contributed by atoms with van der Waals surface area (Å²) in [7, 11) is 1.81. The third-order valence-corrected chi connectivity index (χ3v) is 4.04. The number of hydrogen-bond donors (Lipinski definition) is 1. The fourth-order valence-electron chi connectivity index (χ4n) is 2.70. The maximum atomic E-state index is 13.0. The molecule has 1 amide bonds. The van der Waals surface area contributed by atoms with Gasteiger partial charge in [-0.05, 0) is 24.7 Å². The number of nitrogens with one attached hydrogen (secondary N) is 1. The van der Waals surface area contributed by atoms with Gasteiger partial charge in [0.1, 0.15) is 6.17 Å². The van der Waals surface area contributed by atoms with E-state index in [4.69, 9.17) is 4.42 Å². The zero-order valence-corrected chi connectivity index (χ0v) is 14.5. The lowest BCUT2D eigenvalue weighted by atomic mass is 10.1. The van der Waals surface area contributed by atoms with Gasteiger partial charge in [-0.15, -0.1) is 0 Å². The first-order valence-electron chi connectivity index (χ1n) is 8.33. The molecule has 0 saturated carbocycles. The Morgan fingerprint density at radius 1 is 0.962 bits per heavy atom. The minimum absolute atomic E-state index is 0.170. The van der Waals surface area contributed by atoms with E-state index in [0.717, 1.165) is 5.56 Å². The summed E-state index contributed by atoms with van der Waals surface area (Å²) in [6.45, 7) is 0.516. The Kier molecular flexibility index (Phi) is 5.61. The highest BCUT2D eigenvalue weighted by atomic mass is 16.3. The third-order valence-electron chi connectivity index (χ3n) is 4.04. The van der Waals surface area contributed by atoms with Crippen LogP contribution in [0.5, 0.6) is 0 Å². The molecular weight excluding hydrogens is 328 g/mol. The molecule has 0 unspecified atom stereocenters. The maximum absolute atomic E-state index is 13.0. The number of ketones is 1. The predicted octanol–water partition coefficient (Wildman–Crippen LogP) is 3.35. The SMILES string of the molecule is CN(Cc1ccccc1)[C@@H](NC(=O)c1ccco1)C(=O)c1ccccc1. The summed E-state index contributed by atoms with van der Waals surface area (Å²) in [5.74, 6) is -0.433. The molecule has 1 heterocycles. The van der Waals surface area contributed by atoms with Crippen LogP contribution < -0.4 is 5.32 Å². The molecule has 0 radical (unpaired) electrons. The topological polar surface area (TPSA) is 62.6 Å². The highest BCUT2D eigenvalue weighted by Gasteiger charge is 2.27. The fourth-order valence-corrected chi connectivity index (χ4v) is 2.70. The molecule has 5 heteroatoms. The summed E-state index contributed by atoms with van der Waals surface area (Å²) in [5.41, 5.74) is 1.59. The van der Waals surface area contributed by atoms with Crippen molar-refractivity contribution >= 4 is 11.7 Å². The van der Waals surface area contributed by atoms with E-state index in [1.54, 1.807) is 43.4 Å². The van der Waals surface area contributed by atoms with Gasteiger partial charge < -0.3 is 9.73 Å². The lowest BCUT2D eigenvalue weighted by Crippen LogP contribution is -2.51. The second-order valence-corrected chi connectivity index (χ2v) is 5.98. The van der Waals surface area contributed by atoms with Gasteiger partial charge in [0.25, 0.3) is 5.91 Å². The second kappa shape index (κ2) is 8.27. The Balaban J connectivity index is 1.82. The smallest absolute Gasteiger partial charge is 0.288 e. The first-order chi connectivity index (χ1) is 12.6. The van der Waals surface area contributed by atoms with E-state index in [1.165, 1.54) is 6.26 Å². The fraction of sp³-hybridized carbons (Fsp3) is 0.143. The molecule has 0 saturated heterocycles. The summed E-state index contributed by atoms with van der Waals surface area (Å²) < 4.78 is 5.14. The van der Waals surface area contributed by atoms with Crippen molar-refractivity contribution in [3.8, 4) is 0 Å². The summed E-state index contributed by atoms with van der Waals surface area (Å²) >= 11 is 0. The van der Waals surface area contributed by atoms with Gasteiger partial charge in [0.2, 0.25) is 0 Å². The van der Waals surface area contributed by atoms with Gasteiger partial charge in [0.15, 0.2) is 11.5 Å². The Bertz CT molecular complexity index is 845. The molecule has 0 bridgehead atoms. The zero-order chi connectivity index (χ0) is 18.4. The number of carbonyl (C=O) groups is 2. The Hall–Kier alpha value is -3.18. The van der Waals surface area contributed by atoms with Gasteiger partial charge in [0.05, 0.1) is 6.26 Å². The number of carbonyl (C=O) groups excluding carboxylic acids is 2. The lowest BCUT2D eigenvalue weighted by Gasteiger charge is -2.27. The van der Waals surface area contributed by atoms with E-state index in [9.17, 15) is 9.59 Å². The highest BCUT2D eigenvalue weighted by Crippen LogP contribution is 2.11. The van der Waals surface area contributed by atoms with Crippen LogP contribution in [0.2, 0.25) is 0 Å². The van der Waals surface area contributed by atoms with Crippen LogP contribution in [0.15, 0.2) is 83.5 Å². The van der Waals surface area contributed by atoms with E-state index in [-0.39, 0.29) is 11.5 Å². The van der Waals surface area contributed by atoms with Crippen molar-refractivity contribution in [2.24, 2.45) is 0 Å². The van der Waals surface area contributed by atoms with Crippen molar-refractivity contribution in [3.63, 3.8) is 0 Å². The minimum atomic E-state index is -0.810. The molecule has 26 heavy (non-hydrogen) atoms. The molecule has 1 atom stereocenters. The molecular formula is C21H20N2O3. The summed E-state index contributed by atoms with van der Waals surface area (Å²) in [6, 6.07) is 21.9. The monoisotopic (exact) mass is 348 g/mol. The van der Waals surface area contributed by atoms with Gasteiger partial charge in [-0.25, -0.2) is 0 Å². The largest absolute Gasteiger partial charge is 0.459 e. The molecule has 0 aliphatic rings. The average Bonchev–Trinajstić information content (AvgIpc) is 3.22. The molecule has 3 rings (SSSR count). The highest BCUT2D eigenvalue weighted by molar-refractivity contribution is 6.03. The second-order valence-electron chi connectivity index (χ2n) is 5.98. The number of Topliss-reactive ketones (excluding diaryl/α,β-unsaturated/α-hetero) is 1. The lowest BCUT2D eigenvalue weighted by molar-refractivity contribution is 0.0706. The number of hydrogen-bond acceptors (Lipinski definition) is 4. The van der Waals surface area contributed by atoms with E-state index in [1.807, 2.05) is 41.3 Å². The number of furan rings is 1. The molecule has 0 aliphatic heterocycles. The van der Waals surface area contributed by atoms with Gasteiger partial charge in [-0.2, -0.15) is 0 Å². The van der Waals surface area contributed by atoms with Crippen LogP contribution >= 0.6 is 0 Å². The number of rotatable bonds is 7. The van der Waals surface area contributed by atoms with Crippen LogP contribution in [0, 0.1) is 0 Å². The molecule has 2 aromatic carbocycles. The van der Waals surface area contributed by atoms with E-state index in [0.29, 0.717) is 12.1 Å². The van der Waals surface area contributed by atoms with Gasteiger partial charge in [-0.3, -0.25) is 14.5 Å². The van der Waals surface area contributed by atoms with Crippen LogP contribution in [0.1, 0.15) is 26.5 Å². The first kappa shape index (κ1) is 17.6. The third kappa shape index (κ3) is 4.26. The van der Waals surface area contributed by atoms with Crippen LogP contribution in [-0.2, 0) is 6.54 Å². The number of amides is 1. The van der Waals surface area contributed by atoms with Crippen molar-refractivity contribution in [2.45, 2.75) is 12.7 Å². The molecule has 0 spiro atoms. The van der Waals surface area contributed by atoms with Crippen molar-refractivity contribution in [2.75, 3.05) is 7.05 Å². The van der Waals surface area contributed by atoms with Crippen molar-refractivity contribution in [3.05, 3.63) is 95.9 Å². The number of nitrogens with zero attached hydrogens (tertiary/aromatic N) is 1. The van der Waals surface area contributed by atoms with Crippen LogP contribution in [-0.4, -0.2) is 29.8 Å². The summed E-state index contributed by atoms with van der Waals surface area (Å²) in [4.78, 5) is 27.2. The average molecular weight is 348 g/mol. The maximum Gasteiger partial charge on any atom is 0.288 e. The minimum Gasteiger partial charge on any atom is -0.459 e. The zero-order valence-electron chi connectivity index (χ0n) is 14.5.